The molecule has 2 amide bonds. The van der Waals surface area contributed by atoms with Crippen molar-refractivity contribution in [1.29, 1.82) is 0 Å². The summed E-state index contributed by atoms with van der Waals surface area (Å²) in [6, 6.07) is 29.1. The third-order valence-electron chi connectivity index (χ3n) is 5.88. The van der Waals surface area contributed by atoms with Crippen molar-refractivity contribution in [2.24, 2.45) is 0 Å². The van der Waals surface area contributed by atoms with Crippen LogP contribution in [0.15, 0.2) is 109 Å². The number of nitrogens with one attached hydrogen (secondary N) is 1. The number of carbonyl (C=O) groups excluding carboxylic acids is 2. The molecular weight excluding hydrogens is 618 g/mol. The second-order valence-corrected chi connectivity index (χ2v) is 13.3. The summed E-state index contributed by atoms with van der Waals surface area (Å²) >= 11 is 12.8. The number of carbonyl (C=O) groups is 2. The number of alkyl halides is 3. The molecule has 0 spiro atoms. The maximum atomic E-state index is 13.9. The van der Waals surface area contributed by atoms with E-state index < -0.39 is 14.6 Å². The maximum Gasteiger partial charge on any atom is 0.271 e. The summed E-state index contributed by atoms with van der Waals surface area (Å²) in [6.45, 7) is 1.90. The summed E-state index contributed by atoms with van der Waals surface area (Å²) in [6.07, 6.45) is 3.20. The van der Waals surface area contributed by atoms with Crippen LogP contribution in [0.1, 0.15) is 30.1 Å². The van der Waals surface area contributed by atoms with E-state index in [4.69, 9.17) is 11.6 Å². The van der Waals surface area contributed by atoms with Crippen LogP contribution in [0, 0.1) is 0 Å². The Bertz CT molecular complexity index is 1330. The van der Waals surface area contributed by atoms with Crippen LogP contribution in [0.2, 0.25) is 0 Å². The Morgan fingerprint density at radius 3 is 1.97 bits per heavy atom. The molecule has 8 heteroatoms. The lowest BCUT2D eigenvalue weighted by Gasteiger charge is -2.34. The zero-order chi connectivity index (χ0) is 26.4. The second-order valence-electron chi connectivity index (χ2n) is 8.42. The van der Waals surface area contributed by atoms with Crippen molar-refractivity contribution in [3.05, 3.63) is 121 Å². The third-order valence-corrected chi connectivity index (χ3v) is 6.72. The van der Waals surface area contributed by atoms with E-state index in [9.17, 15) is 9.59 Å². The number of pyridine rings is 1. The summed E-state index contributed by atoms with van der Waals surface area (Å²) in [7, 11) is 0. The molecule has 188 valence electrons. The van der Waals surface area contributed by atoms with Crippen molar-refractivity contribution in [3.8, 4) is 11.1 Å². The van der Waals surface area contributed by atoms with Gasteiger partial charge in [-0.1, -0.05) is 90.5 Å². The molecule has 0 aliphatic carbocycles. The molecule has 37 heavy (non-hydrogen) atoms. The van der Waals surface area contributed by atoms with Crippen LogP contribution in [0.25, 0.3) is 11.1 Å². The van der Waals surface area contributed by atoms with E-state index in [1.807, 2.05) is 79.7 Å². The summed E-state index contributed by atoms with van der Waals surface area (Å²) in [4.78, 5) is 33.1. The Balaban J connectivity index is 1.77. The molecule has 1 N–H and O–H groups in total. The second kappa shape index (κ2) is 12.0. The molecule has 3 aromatic carbocycles. The summed E-state index contributed by atoms with van der Waals surface area (Å²) in [5, 5.41) is 3.05. The van der Waals surface area contributed by atoms with Gasteiger partial charge in [0.2, 0.25) is 8.60 Å². The van der Waals surface area contributed by atoms with Gasteiger partial charge in [-0.25, -0.2) is 0 Å². The quantitative estimate of drug-likeness (QED) is 0.204. The predicted octanol–water partition coefficient (Wildman–Crippen LogP) is 7.38. The number of nitrogens with zero attached hydrogens (tertiary/aromatic N) is 2. The minimum absolute atomic E-state index is 0.293. The molecule has 0 aliphatic rings. The van der Waals surface area contributed by atoms with Gasteiger partial charge in [-0.05, 0) is 73.7 Å². The molecule has 0 radical (unpaired) electrons. The van der Waals surface area contributed by atoms with Crippen molar-refractivity contribution >= 4 is 61.0 Å². The fraction of sp³-hybridized carbons (Fsp3) is 0.138. The first-order chi connectivity index (χ1) is 17.8. The molecule has 5 nitrogen and oxygen atoms in total. The van der Waals surface area contributed by atoms with Gasteiger partial charge in [-0.15, -0.1) is 0 Å². The number of benzene rings is 3. The van der Waals surface area contributed by atoms with Gasteiger partial charge in [0.15, 0.2) is 0 Å². The molecule has 2 atom stereocenters. The van der Waals surface area contributed by atoms with Crippen LogP contribution < -0.4 is 10.2 Å². The first-order valence-corrected chi connectivity index (χ1v) is 13.5. The summed E-state index contributed by atoms with van der Waals surface area (Å²) in [5.41, 5.74) is 4.01. The smallest absolute Gasteiger partial charge is 0.271 e. The molecule has 4 rings (SSSR count). The zero-order valence-electron chi connectivity index (χ0n) is 19.9. The van der Waals surface area contributed by atoms with Crippen molar-refractivity contribution in [2.75, 3.05) is 4.90 Å². The van der Waals surface area contributed by atoms with Crippen molar-refractivity contribution in [3.63, 3.8) is 0 Å². The van der Waals surface area contributed by atoms with Crippen LogP contribution in [-0.4, -0.2) is 19.5 Å². The Kier molecular flexibility index (Phi) is 8.79. The van der Waals surface area contributed by atoms with E-state index in [0.29, 0.717) is 11.3 Å². The fourth-order valence-corrected chi connectivity index (χ4v) is 4.51. The van der Waals surface area contributed by atoms with Gasteiger partial charge in [-0.2, -0.15) is 0 Å². The zero-order valence-corrected chi connectivity index (χ0v) is 23.8. The van der Waals surface area contributed by atoms with E-state index in [2.05, 4.69) is 42.2 Å². The topological polar surface area (TPSA) is 62.3 Å². The normalized spacial score (nSPS) is 12.9. The molecule has 0 unspecified atom stereocenters. The lowest BCUT2D eigenvalue weighted by atomic mass is 10.0. The molecule has 4 aromatic rings. The number of hydrogen-bond acceptors (Lipinski definition) is 3. The first kappa shape index (κ1) is 27.0. The molecule has 1 heterocycles. The Morgan fingerprint density at radius 1 is 0.838 bits per heavy atom. The maximum absolute atomic E-state index is 13.9. The van der Waals surface area contributed by atoms with Crippen molar-refractivity contribution < 1.29 is 9.59 Å². The highest BCUT2D eigenvalue weighted by Gasteiger charge is 2.41. The molecule has 0 fully saturated rings. The highest BCUT2D eigenvalue weighted by Crippen LogP contribution is 2.39. The van der Waals surface area contributed by atoms with Crippen LogP contribution in [0.5, 0.6) is 0 Å². The molecular formula is C29H24Br2ClN3O2. The number of hydrogen-bond donors (Lipinski definition) is 1. The van der Waals surface area contributed by atoms with Gasteiger partial charge >= 0.3 is 0 Å². The van der Waals surface area contributed by atoms with Crippen molar-refractivity contribution in [2.45, 2.75) is 21.7 Å². The monoisotopic (exact) mass is 639 g/mol. The average Bonchev–Trinajstić information content (AvgIpc) is 2.92. The van der Waals surface area contributed by atoms with Gasteiger partial charge in [0.25, 0.3) is 5.91 Å². The number of rotatable bonds is 8. The molecule has 1 aromatic heterocycles. The van der Waals surface area contributed by atoms with Crippen LogP contribution in [0.3, 0.4) is 0 Å². The summed E-state index contributed by atoms with van der Waals surface area (Å²) < 4.78 is -1.62. The van der Waals surface area contributed by atoms with Gasteiger partial charge < -0.3 is 5.32 Å². The van der Waals surface area contributed by atoms with E-state index >= 15 is 0 Å². The van der Waals surface area contributed by atoms with Crippen molar-refractivity contribution in [1.82, 2.24) is 10.3 Å². The van der Waals surface area contributed by atoms with E-state index in [1.54, 1.807) is 36.7 Å². The van der Waals surface area contributed by atoms with E-state index in [-0.39, 0.29) is 11.9 Å². The Morgan fingerprint density at radius 2 is 1.41 bits per heavy atom. The third kappa shape index (κ3) is 6.66. The molecule has 0 aliphatic heterocycles. The SMILES string of the molecule is C[C@H](NC(=O)[C@@H](c1cccnc1)N(C(=O)C(Cl)(Br)Br)c1ccc(-c2ccccc2)cc1)c1ccccc1. The predicted molar refractivity (Wildman–Crippen MR) is 156 cm³/mol. The van der Waals surface area contributed by atoms with E-state index in [1.165, 1.54) is 4.90 Å². The van der Waals surface area contributed by atoms with E-state index in [0.717, 1.165) is 16.7 Å². The van der Waals surface area contributed by atoms with Crippen LogP contribution >= 0.6 is 43.5 Å². The fourth-order valence-electron chi connectivity index (χ4n) is 4.04. The van der Waals surface area contributed by atoms with Gasteiger partial charge in [0, 0.05) is 23.6 Å². The number of halogens is 3. The highest BCUT2D eigenvalue weighted by atomic mass is 79.9. The lowest BCUT2D eigenvalue weighted by Crippen LogP contribution is -2.48. The minimum Gasteiger partial charge on any atom is -0.347 e. The van der Waals surface area contributed by atoms with Gasteiger partial charge in [0.1, 0.15) is 6.04 Å². The number of amides is 2. The Hall–Kier alpha value is -3.00. The van der Waals surface area contributed by atoms with Gasteiger partial charge in [0.05, 0.1) is 6.04 Å². The number of aromatic nitrogens is 1. The Labute approximate surface area is 238 Å². The molecule has 0 saturated heterocycles. The van der Waals surface area contributed by atoms with Crippen LogP contribution in [0.4, 0.5) is 5.69 Å². The number of anilines is 1. The average molecular weight is 642 g/mol. The lowest BCUT2D eigenvalue weighted by molar-refractivity contribution is -0.126. The highest BCUT2D eigenvalue weighted by molar-refractivity contribution is 9.26. The van der Waals surface area contributed by atoms with Gasteiger partial charge in [-0.3, -0.25) is 19.5 Å². The minimum atomic E-state index is -1.62. The first-order valence-electron chi connectivity index (χ1n) is 11.6. The standard InChI is InChI=1S/C29H24Br2ClN3O2/c1-20(21-9-4-2-5-10-21)34-27(36)26(24-13-8-18-33-19-24)35(28(37)29(30,31)32)25-16-14-23(15-17-25)22-11-6-3-7-12-22/h2-20,26H,1H3,(H,34,36)/t20-,26+/m0/s1. The molecule has 0 bridgehead atoms. The molecule has 0 saturated carbocycles. The summed E-state index contributed by atoms with van der Waals surface area (Å²) in [5.74, 6) is -0.927. The largest absolute Gasteiger partial charge is 0.347 e. The van der Waals surface area contributed by atoms with Crippen LogP contribution in [-0.2, 0) is 9.59 Å².